The van der Waals surface area contributed by atoms with Crippen LogP contribution in [0.15, 0.2) is 48.6 Å². The van der Waals surface area contributed by atoms with Crippen LogP contribution in [0.3, 0.4) is 0 Å². The lowest BCUT2D eigenvalue weighted by Gasteiger charge is -2.24. The molecule has 0 aliphatic rings. The van der Waals surface area contributed by atoms with E-state index >= 15 is 0 Å². The van der Waals surface area contributed by atoms with Crippen LogP contribution in [0.1, 0.15) is 290 Å². The molecule has 0 rings (SSSR count). The summed E-state index contributed by atoms with van der Waals surface area (Å²) in [5, 5.41) is 23.8. The van der Waals surface area contributed by atoms with E-state index < -0.39 is 18.2 Å². The minimum absolute atomic E-state index is 0.0598. The van der Waals surface area contributed by atoms with Crippen LogP contribution in [0.2, 0.25) is 0 Å². The number of ether oxygens (including phenoxy) is 1. The van der Waals surface area contributed by atoms with Crippen molar-refractivity contribution in [2.24, 2.45) is 0 Å². The summed E-state index contributed by atoms with van der Waals surface area (Å²) >= 11 is 0. The van der Waals surface area contributed by atoms with E-state index in [0.717, 1.165) is 83.5 Å². The number of amides is 1. The molecule has 0 radical (unpaired) electrons. The first-order valence-corrected chi connectivity index (χ1v) is 28.4. The summed E-state index contributed by atoms with van der Waals surface area (Å²) in [6, 6.07) is -0.710. The minimum Gasteiger partial charge on any atom is -0.462 e. The van der Waals surface area contributed by atoms with Gasteiger partial charge in [-0.05, 0) is 77.0 Å². The number of aliphatic hydroxyl groups is 2. The molecule has 0 fully saturated rings. The Balaban J connectivity index is 4.62. The molecule has 0 aromatic heterocycles. The van der Waals surface area contributed by atoms with Crippen molar-refractivity contribution >= 4 is 11.9 Å². The van der Waals surface area contributed by atoms with Gasteiger partial charge in [0.2, 0.25) is 5.91 Å². The zero-order chi connectivity index (χ0) is 47.4. The van der Waals surface area contributed by atoms with Crippen LogP contribution < -0.4 is 5.32 Å². The zero-order valence-corrected chi connectivity index (χ0v) is 43.4. The summed E-state index contributed by atoms with van der Waals surface area (Å²) in [7, 11) is 0. The van der Waals surface area contributed by atoms with E-state index in [-0.39, 0.29) is 24.9 Å². The molecule has 0 aliphatic carbocycles. The molecule has 0 heterocycles. The molecule has 6 nitrogen and oxygen atoms in total. The third kappa shape index (κ3) is 48.1. The SMILES string of the molecule is CCCCCCC/C=C/C=C/C=C/CCCCCCCC(=O)OC(CCCCC/C=C/CCCCCCCCCCC)CC(=O)NC(CO)C(O)CCCCCCCCCCCCCC. The molecule has 0 aromatic carbocycles. The Bertz CT molecular complexity index is 1110. The van der Waals surface area contributed by atoms with Crippen molar-refractivity contribution in [3.63, 3.8) is 0 Å². The molecular formula is C59H109NO5. The smallest absolute Gasteiger partial charge is 0.306 e. The van der Waals surface area contributed by atoms with Gasteiger partial charge in [0.25, 0.3) is 0 Å². The van der Waals surface area contributed by atoms with E-state index in [2.05, 4.69) is 74.7 Å². The number of unbranched alkanes of at least 4 members (excludes halogenated alkanes) is 33. The highest BCUT2D eigenvalue weighted by Crippen LogP contribution is 2.18. The largest absolute Gasteiger partial charge is 0.462 e. The molecule has 0 saturated carbocycles. The van der Waals surface area contributed by atoms with E-state index in [4.69, 9.17) is 4.74 Å². The first kappa shape index (κ1) is 62.8. The molecule has 3 unspecified atom stereocenters. The molecule has 65 heavy (non-hydrogen) atoms. The zero-order valence-electron chi connectivity index (χ0n) is 43.4. The Kier molecular flexibility index (Phi) is 51.0. The van der Waals surface area contributed by atoms with Crippen LogP contribution in [-0.4, -0.2) is 46.9 Å². The average molecular weight is 913 g/mol. The number of hydrogen-bond donors (Lipinski definition) is 3. The Labute approximate surface area is 404 Å². The summed E-state index contributed by atoms with van der Waals surface area (Å²) in [4.78, 5) is 26.2. The number of nitrogens with one attached hydrogen (secondary N) is 1. The summed E-state index contributed by atoms with van der Waals surface area (Å²) in [5.74, 6) is -0.502. The topological polar surface area (TPSA) is 95.9 Å². The standard InChI is InChI=1S/C59H109NO5/c1-4-7-10-13-16-19-22-25-27-29-30-32-34-37-40-43-46-49-52-59(64)65-55(50-47-44-41-38-35-33-31-28-26-23-20-17-14-11-8-5-2)53-58(63)60-56(54-61)57(62)51-48-45-42-39-36-24-21-18-15-12-9-6-3/h22,25,27,29-30,32-33,35,55-57,61-62H,4-21,23-24,26,28,31,34,36-54H2,1-3H3,(H,60,63)/b25-22+,29-27+,32-30+,35-33+. The van der Waals surface area contributed by atoms with Crippen LogP contribution in [0.4, 0.5) is 0 Å². The van der Waals surface area contributed by atoms with E-state index in [0.29, 0.717) is 19.3 Å². The first-order chi connectivity index (χ1) is 32.0. The van der Waals surface area contributed by atoms with Crippen LogP contribution in [-0.2, 0) is 14.3 Å². The summed E-state index contributed by atoms with van der Waals surface area (Å²) < 4.78 is 5.94. The van der Waals surface area contributed by atoms with E-state index in [1.54, 1.807) is 0 Å². The molecule has 3 atom stereocenters. The van der Waals surface area contributed by atoms with Crippen LogP contribution in [0.25, 0.3) is 0 Å². The first-order valence-electron chi connectivity index (χ1n) is 28.4. The van der Waals surface area contributed by atoms with Gasteiger partial charge in [-0.25, -0.2) is 0 Å². The second kappa shape index (κ2) is 52.8. The lowest BCUT2D eigenvalue weighted by molar-refractivity contribution is -0.151. The van der Waals surface area contributed by atoms with Gasteiger partial charge in [0.1, 0.15) is 6.10 Å². The number of carbonyl (C=O) groups is 2. The number of esters is 1. The predicted molar refractivity (Wildman–Crippen MR) is 282 cm³/mol. The maximum absolute atomic E-state index is 13.2. The monoisotopic (exact) mass is 912 g/mol. The van der Waals surface area contributed by atoms with Gasteiger partial charge in [-0.1, -0.05) is 249 Å². The van der Waals surface area contributed by atoms with Crippen molar-refractivity contribution in [3.8, 4) is 0 Å². The van der Waals surface area contributed by atoms with Crippen LogP contribution >= 0.6 is 0 Å². The average Bonchev–Trinajstić information content (AvgIpc) is 3.30. The number of allylic oxidation sites excluding steroid dienone is 8. The van der Waals surface area contributed by atoms with Gasteiger partial charge in [0, 0.05) is 6.42 Å². The Morgan fingerprint density at radius 1 is 0.446 bits per heavy atom. The Hall–Kier alpha value is -2.18. The number of carbonyl (C=O) groups excluding carboxylic acids is 2. The van der Waals surface area contributed by atoms with Crippen molar-refractivity contribution < 1.29 is 24.5 Å². The second-order valence-electron chi connectivity index (χ2n) is 19.4. The maximum atomic E-state index is 13.2. The van der Waals surface area contributed by atoms with Gasteiger partial charge in [-0.15, -0.1) is 0 Å². The van der Waals surface area contributed by atoms with Crippen molar-refractivity contribution in [1.82, 2.24) is 5.32 Å². The Morgan fingerprint density at radius 3 is 1.23 bits per heavy atom. The van der Waals surface area contributed by atoms with E-state index in [1.165, 1.54) is 161 Å². The molecule has 0 bridgehead atoms. The molecule has 0 aromatic rings. The van der Waals surface area contributed by atoms with Gasteiger partial charge in [0.05, 0.1) is 25.2 Å². The predicted octanol–water partition coefficient (Wildman–Crippen LogP) is 17.4. The van der Waals surface area contributed by atoms with Crippen molar-refractivity contribution in [1.29, 1.82) is 0 Å². The second-order valence-corrected chi connectivity index (χ2v) is 19.4. The molecule has 6 heteroatoms. The fourth-order valence-electron chi connectivity index (χ4n) is 8.60. The lowest BCUT2D eigenvalue weighted by Crippen LogP contribution is -2.46. The van der Waals surface area contributed by atoms with Crippen molar-refractivity contribution in [3.05, 3.63) is 48.6 Å². The van der Waals surface area contributed by atoms with Crippen LogP contribution in [0, 0.1) is 0 Å². The summed E-state index contributed by atoms with van der Waals surface area (Å²) in [6.07, 6.45) is 64.6. The molecule has 0 saturated heterocycles. The highest BCUT2D eigenvalue weighted by atomic mass is 16.5. The molecule has 0 aliphatic heterocycles. The van der Waals surface area contributed by atoms with Gasteiger partial charge in [-0.3, -0.25) is 9.59 Å². The number of aliphatic hydroxyl groups excluding tert-OH is 2. The molecule has 0 spiro atoms. The van der Waals surface area contributed by atoms with Crippen molar-refractivity contribution in [2.75, 3.05) is 6.61 Å². The fourth-order valence-corrected chi connectivity index (χ4v) is 8.60. The van der Waals surface area contributed by atoms with Gasteiger partial charge in [0.15, 0.2) is 0 Å². The highest BCUT2D eigenvalue weighted by molar-refractivity contribution is 5.77. The van der Waals surface area contributed by atoms with Gasteiger partial charge in [-0.2, -0.15) is 0 Å². The minimum atomic E-state index is -0.795. The maximum Gasteiger partial charge on any atom is 0.306 e. The van der Waals surface area contributed by atoms with E-state index in [1.807, 2.05) is 0 Å². The molecule has 1 amide bonds. The number of hydrogen-bond acceptors (Lipinski definition) is 5. The molecular weight excluding hydrogens is 803 g/mol. The molecule has 3 N–H and O–H groups in total. The highest BCUT2D eigenvalue weighted by Gasteiger charge is 2.24. The van der Waals surface area contributed by atoms with E-state index in [9.17, 15) is 19.8 Å². The number of rotatable bonds is 51. The van der Waals surface area contributed by atoms with Crippen LogP contribution in [0.5, 0.6) is 0 Å². The third-order valence-electron chi connectivity index (χ3n) is 12.9. The lowest BCUT2D eigenvalue weighted by atomic mass is 10.0. The summed E-state index contributed by atoms with van der Waals surface area (Å²) in [6.45, 7) is 6.48. The Morgan fingerprint density at radius 2 is 0.800 bits per heavy atom. The van der Waals surface area contributed by atoms with Gasteiger partial charge < -0.3 is 20.3 Å². The summed E-state index contributed by atoms with van der Waals surface area (Å²) in [5.41, 5.74) is 0. The van der Waals surface area contributed by atoms with Crippen molar-refractivity contribution in [2.45, 2.75) is 309 Å². The molecule has 380 valence electrons. The van der Waals surface area contributed by atoms with Gasteiger partial charge >= 0.3 is 5.97 Å². The quantitative estimate of drug-likeness (QED) is 0.0245. The third-order valence-corrected chi connectivity index (χ3v) is 12.9. The fraction of sp³-hybridized carbons (Fsp3) is 0.831. The normalized spacial score (nSPS) is 13.5.